The summed E-state index contributed by atoms with van der Waals surface area (Å²) in [6.07, 6.45) is 1.72. The van der Waals surface area contributed by atoms with Crippen LogP contribution in [0.25, 0.3) is 0 Å². The van der Waals surface area contributed by atoms with E-state index in [1.54, 1.807) is 24.4 Å². The maximum Gasteiger partial charge on any atom is 0.261 e. The first kappa shape index (κ1) is 17.8. The van der Waals surface area contributed by atoms with Gasteiger partial charge in [-0.1, -0.05) is 0 Å². The number of hydrogen-bond donors (Lipinski definition) is 2. The van der Waals surface area contributed by atoms with Gasteiger partial charge in [-0.15, -0.1) is 11.3 Å². The van der Waals surface area contributed by atoms with Crippen molar-refractivity contribution < 1.29 is 14.3 Å². The Morgan fingerprint density at radius 2 is 2.04 bits per heavy atom. The van der Waals surface area contributed by atoms with Gasteiger partial charge in [0.2, 0.25) is 5.91 Å². The predicted octanol–water partition coefficient (Wildman–Crippen LogP) is 2.11. The van der Waals surface area contributed by atoms with Crippen LogP contribution in [0, 0.1) is 0 Å². The molecule has 25 heavy (non-hydrogen) atoms. The van der Waals surface area contributed by atoms with Crippen molar-refractivity contribution in [2.24, 2.45) is 0 Å². The van der Waals surface area contributed by atoms with E-state index in [0.717, 1.165) is 22.6 Å². The summed E-state index contributed by atoms with van der Waals surface area (Å²) in [5.74, 6) is -0.146. The van der Waals surface area contributed by atoms with Crippen LogP contribution in [-0.2, 0) is 9.53 Å². The number of nitrogens with one attached hydrogen (secondary N) is 2. The van der Waals surface area contributed by atoms with Crippen molar-refractivity contribution in [2.45, 2.75) is 0 Å². The molecule has 3 rings (SSSR count). The lowest BCUT2D eigenvalue weighted by Crippen LogP contribution is -2.36. The monoisotopic (exact) mass is 424 g/mol. The average Bonchev–Trinajstić information content (AvgIpc) is 3.08. The van der Waals surface area contributed by atoms with Crippen LogP contribution < -0.4 is 15.5 Å². The molecule has 0 aromatic carbocycles. The lowest BCUT2D eigenvalue weighted by molar-refractivity contribution is -0.115. The van der Waals surface area contributed by atoms with E-state index in [1.165, 1.54) is 11.3 Å². The smallest absolute Gasteiger partial charge is 0.261 e. The van der Waals surface area contributed by atoms with Gasteiger partial charge in [0, 0.05) is 13.1 Å². The summed E-state index contributed by atoms with van der Waals surface area (Å²) in [5, 5.41) is 5.25. The Morgan fingerprint density at radius 1 is 1.24 bits per heavy atom. The summed E-state index contributed by atoms with van der Waals surface area (Å²) >= 11 is 4.61. The van der Waals surface area contributed by atoms with Gasteiger partial charge in [-0.3, -0.25) is 9.59 Å². The molecule has 2 amide bonds. The number of anilines is 2. The fourth-order valence-corrected chi connectivity index (χ4v) is 3.64. The third kappa shape index (κ3) is 5.00. The molecule has 0 spiro atoms. The Bertz CT molecular complexity index is 744. The van der Waals surface area contributed by atoms with E-state index in [-0.39, 0.29) is 18.4 Å². The average molecular weight is 425 g/mol. The van der Waals surface area contributed by atoms with Crippen LogP contribution in [0.15, 0.2) is 34.2 Å². The SMILES string of the molecule is O=C(CNC(=O)c1ccc(Br)s1)Nc1ccc(N2CCOCC2)cn1. The molecule has 0 atom stereocenters. The van der Waals surface area contributed by atoms with Gasteiger partial charge in [0.05, 0.1) is 40.3 Å². The largest absolute Gasteiger partial charge is 0.378 e. The Hall–Kier alpha value is -1.97. The molecule has 1 aliphatic rings. The zero-order chi connectivity index (χ0) is 17.6. The van der Waals surface area contributed by atoms with E-state index in [9.17, 15) is 9.59 Å². The summed E-state index contributed by atoms with van der Waals surface area (Å²) in [4.78, 5) is 30.8. The van der Waals surface area contributed by atoms with E-state index < -0.39 is 0 Å². The fraction of sp³-hybridized carbons (Fsp3) is 0.312. The molecule has 132 valence electrons. The number of nitrogens with zero attached hydrogens (tertiary/aromatic N) is 2. The minimum atomic E-state index is -0.324. The van der Waals surface area contributed by atoms with Gasteiger partial charge in [0.25, 0.3) is 5.91 Å². The molecule has 2 N–H and O–H groups in total. The van der Waals surface area contributed by atoms with Crippen molar-refractivity contribution in [1.29, 1.82) is 0 Å². The van der Waals surface area contributed by atoms with E-state index in [4.69, 9.17) is 4.74 Å². The first-order valence-corrected chi connectivity index (χ1v) is 9.35. The van der Waals surface area contributed by atoms with E-state index >= 15 is 0 Å². The highest BCUT2D eigenvalue weighted by Gasteiger charge is 2.13. The second kappa shape index (κ2) is 8.41. The Morgan fingerprint density at radius 3 is 2.68 bits per heavy atom. The van der Waals surface area contributed by atoms with Gasteiger partial charge in [-0.05, 0) is 40.2 Å². The molecule has 0 bridgehead atoms. The number of halogens is 1. The van der Waals surface area contributed by atoms with Gasteiger partial charge in [0.1, 0.15) is 5.82 Å². The molecule has 2 aromatic heterocycles. The van der Waals surface area contributed by atoms with Crippen molar-refractivity contribution in [3.05, 3.63) is 39.1 Å². The molecule has 1 fully saturated rings. The zero-order valence-corrected chi connectivity index (χ0v) is 15.7. The third-order valence-electron chi connectivity index (χ3n) is 3.60. The highest BCUT2D eigenvalue weighted by molar-refractivity contribution is 9.11. The fourth-order valence-electron chi connectivity index (χ4n) is 2.34. The van der Waals surface area contributed by atoms with Crippen molar-refractivity contribution >= 4 is 50.6 Å². The second-order valence-corrected chi connectivity index (χ2v) is 7.80. The molecule has 0 saturated carbocycles. The molecule has 3 heterocycles. The number of hydrogen-bond acceptors (Lipinski definition) is 6. The second-order valence-electron chi connectivity index (χ2n) is 5.34. The molecular weight excluding hydrogens is 408 g/mol. The minimum Gasteiger partial charge on any atom is -0.378 e. The first-order valence-electron chi connectivity index (χ1n) is 7.74. The number of rotatable bonds is 5. The summed E-state index contributed by atoms with van der Waals surface area (Å²) in [7, 11) is 0. The molecule has 1 aliphatic heterocycles. The lowest BCUT2D eigenvalue weighted by atomic mass is 10.3. The van der Waals surface area contributed by atoms with Crippen molar-refractivity contribution in [3.8, 4) is 0 Å². The Kier molecular flexibility index (Phi) is 6.00. The number of pyridine rings is 1. The van der Waals surface area contributed by atoms with Crippen molar-refractivity contribution in [2.75, 3.05) is 43.1 Å². The van der Waals surface area contributed by atoms with E-state index in [2.05, 4.69) is 36.4 Å². The topological polar surface area (TPSA) is 83.6 Å². The van der Waals surface area contributed by atoms with Crippen molar-refractivity contribution in [3.63, 3.8) is 0 Å². The number of morpholine rings is 1. The van der Waals surface area contributed by atoms with Gasteiger partial charge in [0.15, 0.2) is 0 Å². The van der Waals surface area contributed by atoms with Gasteiger partial charge in [-0.2, -0.15) is 0 Å². The quantitative estimate of drug-likeness (QED) is 0.767. The molecule has 0 radical (unpaired) electrons. The molecule has 0 aliphatic carbocycles. The molecule has 1 saturated heterocycles. The lowest BCUT2D eigenvalue weighted by Gasteiger charge is -2.28. The third-order valence-corrected chi connectivity index (χ3v) is 5.22. The van der Waals surface area contributed by atoms with Crippen LogP contribution in [0.1, 0.15) is 9.67 Å². The highest BCUT2D eigenvalue weighted by Crippen LogP contribution is 2.21. The molecule has 9 heteroatoms. The summed E-state index contributed by atoms with van der Waals surface area (Å²) < 4.78 is 6.19. The maximum absolute atomic E-state index is 11.9. The summed E-state index contributed by atoms with van der Waals surface area (Å²) in [6.45, 7) is 2.97. The predicted molar refractivity (Wildman–Crippen MR) is 100 cm³/mol. The van der Waals surface area contributed by atoms with Crippen LogP contribution >= 0.6 is 27.3 Å². The molecule has 2 aromatic rings. The van der Waals surface area contributed by atoms with Gasteiger partial charge < -0.3 is 20.3 Å². The maximum atomic E-state index is 11.9. The molecule has 0 unspecified atom stereocenters. The van der Waals surface area contributed by atoms with Crippen LogP contribution in [0.3, 0.4) is 0 Å². The highest BCUT2D eigenvalue weighted by atomic mass is 79.9. The van der Waals surface area contributed by atoms with Crippen LogP contribution in [0.4, 0.5) is 11.5 Å². The number of carbonyl (C=O) groups is 2. The summed E-state index contributed by atoms with van der Waals surface area (Å²) in [6, 6.07) is 7.16. The zero-order valence-electron chi connectivity index (χ0n) is 13.3. The first-order chi connectivity index (χ1) is 12.1. The number of thiophene rings is 1. The van der Waals surface area contributed by atoms with Gasteiger partial charge in [-0.25, -0.2) is 4.98 Å². The van der Waals surface area contributed by atoms with Gasteiger partial charge >= 0.3 is 0 Å². The minimum absolute atomic E-state index is 0.110. The number of amides is 2. The van der Waals surface area contributed by atoms with E-state index in [0.29, 0.717) is 23.9 Å². The normalized spacial score (nSPS) is 14.2. The summed E-state index contributed by atoms with van der Waals surface area (Å²) in [5.41, 5.74) is 0.998. The number of aromatic nitrogens is 1. The van der Waals surface area contributed by atoms with Crippen molar-refractivity contribution in [1.82, 2.24) is 10.3 Å². The Labute approximate surface area is 157 Å². The van der Waals surface area contributed by atoms with E-state index in [1.807, 2.05) is 6.07 Å². The van der Waals surface area contributed by atoms with Crippen LogP contribution in [0.5, 0.6) is 0 Å². The Balaban J connectivity index is 1.48. The molecule has 7 nitrogen and oxygen atoms in total. The van der Waals surface area contributed by atoms with Crippen LogP contribution in [0.2, 0.25) is 0 Å². The standard InChI is InChI=1S/C16H17BrN4O3S/c17-13-3-2-12(25-13)16(23)19-10-15(22)20-14-4-1-11(9-18-14)21-5-7-24-8-6-21/h1-4,9H,5-8,10H2,(H,19,23)(H,18,20,22). The number of ether oxygens (including phenoxy) is 1. The van der Waals surface area contributed by atoms with Crippen LogP contribution in [-0.4, -0.2) is 49.6 Å². The molecular formula is C16H17BrN4O3S. The number of carbonyl (C=O) groups excluding carboxylic acids is 2.